The van der Waals surface area contributed by atoms with Crippen LogP contribution in [0.15, 0.2) is 21.8 Å². The Balaban J connectivity index is 2.85. The van der Waals surface area contributed by atoms with Gasteiger partial charge in [-0.3, -0.25) is 14.2 Å². The molecule has 88 valence electrons. The standard InChI is InChI=1S/C10H14BrN3O2/c1-3-13(4-2)9(15)6-14-7-12-5-8(11)10(14)16/h5,7H,3-4,6H2,1-2H3. The van der Waals surface area contributed by atoms with Crippen LogP contribution in [-0.4, -0.2) is 33.4 Å². The van der Waals surface area contributed by atoms with Crippen LogP contribution in [0.25, 0.3) is 0 Å². The van der Waals surface area contributed by atoms with Gasteiger partial charge in [0.05, 0.1) is 6.33 Å². The molecule has 0 bridgehead atoms. The van der Waals surface area contributed by atoms with Crippen LogP contribution in [0.3, 0.4) is 0 Å². The van der Waals surface area contributed by atoms with Gasteiger partial charge in [-0.1, -0.05) is 0 Å². The van der Waals surface area contributed by atoms with Crippen LogP contribution in [0.2, 0.25) is 0 Å². The Hall–Kier alpha value is -1.17. The van der Waals surface area contributed by atoms with Gasteiger partial charge in [-0.25, -0.2) is 4.98 Å². The Labute approximate surface area is 102 Å². The Morgan fingerprint density at radius 2 is 2.12 bits per heavy atom. The molecule has 6 heteroatoms. The second-order valence-corrected chi connectivity index (χ2v) is 4.09. The van der Waals surface area contributed by atoms with Crippen LogP contribution in [0, 0.1) is 0 Å². The van der Waals surface area contributed by atoms with Crippen LogP contribution in [0.4, 0.5) is 0 Å². The van der Waals surface area contributed by atoms with Crippen molar-refractivity contribution >= 4 is 21.8 Å². The Bertz CT molecular complexity index is 426. The van der Waals surface area contributed by atoms with Crippen molar-refractivity contribution in [2.45, 2.75) is 20.4 Å². The van der Waals surface area contributed by atoms with Gasteiger partial charge >= 0.3 is 0 Å². The normalized spacial score (nSPS) is 10.2. The molecule has 0 saturated carbocycles. The minimum atomic E-state index is -0.240. The summed E-state index contributed by atoms with van der Waals surface area (Å²) in [5.41, 5.74) is -0.240. The van der Waals surface area contributed by atoms with Crippen molar-refractivity contribution in [1.29, 1.82) is 0 Å². The summed E-state index contributed by atoms with van der Waals surface area (Å²) in [7, 11) is 0. The molecule has 1 amide bonds. The van der Waals surface area contributed by atoms with E-state index in [1.54, 1.807) is 4.90 Å². The summed E-state index contributed by atoms with van der Waals surface area (Å²) in [4.78, 5) is 28.9. The number of carbonyl (C=O) groups excluding carboxylic acids is 1. The molecule has 1 aromatic heterocycles. The lowest BCUT2D eigenvalue weighted by molar-refractivity contribution is -0.131. The molecule has 0 aliphatic rings. The van der Waals surface area contributed by atoms with Crippen LogP contribution < -0.4 is 5.56 Å². The zero-order valence-corrected chi connectivity index (χ0v) is 10.9. The highest BCUT2D eigenvalue weighted by Gasteiger charge is 2.11. The van der Waals surface area contributed by atoms with Crippen LogP contribution in [-0.2, 0) is 11.3 Å². The molecule has 0 N–H and O–H groups in total. The summed E-state index contributed by atoms with van der Waals surface area (Å²) in [6.07, 6.45) is 2.79. The molecule has 0 saturated heterocycles. The largest absolute Gasteiger partial charge is 0.342 e. The van der Waals surface area contributed by atoms with Gasteiger partial charge in [0.2, 0.25) is 5.91 Å². The smallest absolute Gasteiger partial charge is 0.268 e. The first-order valence-corrected chi connectivity index (χ1v) is 5.87. The number of hydrogen-bond donors (Lipinski definition) is 0. The highest BCUT2D eigenvalue weighted by Crippen LogP contribution is 1.99. The highest BCUT2D eigenvalue weighted by atomic mass is 79.9. The SMILES string of the molecule is CCN(CC)C(=O)Cn1cncc(Br)c1=O. The van der Waals surface area contributed by atoms with Gasteiger partial charge in [0.15, 0.2) is 0 Å². The Morgan fingerprint density at radius 3 is 2.69 bits per heavy atom. The Morgan fingerprint density at radius 1 is 1.50 bits per heavy atom. The quantitative estimate of drug-likeness (QED) is 0.826. The van der Waals surface area contributed by atoms with E-state index in [2.05, 4.69) is 20.9 Å². The predicted octanol–water partition coefficient (Wildman–Crippen LogP) is 0.874. The third kappa shape index (κ3) is 2.91. The van der Waals surface area contributed by atoms with Gasteiger partial charge in [0, 0.05) is 19.3 Å². The van der Waals surface area contributed by atoms with E-state index in [1.165, 1.54) is 17.1 Å². The third-order valence-electron chi connectivity index (χ3n) is 2.28. The van der Waals surface area contributed by atoms with Crippen molar-refractivity contribution in [3.63, 3.8) is 0 Å². The molecule has 1 aromatic rings. The van der Waals surface area contributed by atoms with Crippen LogP contribution in [0.1, 0.15) is 13.8 Å². The van der Waals surface area contributed by atoms with Crippen molar-refractivity contribution in [2.75, 3.05) is 13.1 Å². The molecule has 0 atom stereocenters. The van der Waals surface area contributed by atoms with Gasteiger partial charge in [-0.15, -0.1) is 0 Å². The van der Waals surface area contributed by atoms with Gasteiger partial charge in [-0.2, -0.15) is 0 Å². The van der Waals surface area contributed by atoms with Crippen molar-refractivity contribution < 1.29 is 4.79 Å². The average molecular weight is 288 g/mol. The molecule has 0 spiro atoms. The van der Waals surface area contributed by atoms with Crippen LogP contribution >= 0.6 is 15.9 Å². The number of amides is 1. The van der Waals surface area contributed by atoms with E-state index in [0.29, 0.717) is 17.6 Å². The number of halogens is 1. The van der Waals surface area contributed by atoms with E-state index in [1.807, 2.05) is 13.8 Å². The summed E-state index contributed by atoms with van der Waals surface area (Å²) in [5, 5.41) is 0. The molecule has 1 rings (SSSR count). The molecule has 1 heterocycles. The summed E-state index contributed by atoms with van der Waals surface area (Å²) < 4.78 is 1.66. The molecule has 0 aliphatic heterocycles. The van der Waals surface area contributed by atoms with E-state index in [9.17, 15) is 9.59 Å². The summed E-state index contributed by atoms with van der Waals surface area (Å²) in [6, 6.07) is 0. The minimum absolute atomic E-state index is 0.0347. The number of carbonyl (C=O) groups is 1. The summed E-state index contributed by atoms with van der Waals surface area (Å²) >= 11 is 3.09. The van der Waals surface area contributed by atoms with Crippen molar-refractivity contribution in [3.05, 3.63) is 27.4 Å². The maximum atomic E-state index is 11.8. The molecule has 16 heavy (non-hydrogen) atoms. The second-order valence-electron chi connectivity index (χ2n) is 3.24. The predicted molar refractivity (Wildman–Crippen MR) is 64.1 cm³/mol. The first kappa shape index (κ1) is 12.9. The fourth-order valence-electron chi connectivity index (χ4n) is 1.36. The molecule has 5 nitrogen and oxygen atoms in total. The van der Waals surface area contributed by atoms with Gasteiger partial charge in [-0.05, 0) is 29.8 Å². The number of hydrogen-bond acceptors (Lipinski definition) is 3. The maximum Gasteiger partial charge on any atom is 0.268 e. The molecular formula is C10H14BrN3O2. The maximum absolute atomic E-state index is 11.8. The van der Waals surface area contributed by atoms with Crippen LogP contribution in [0.5, 0.6) is 0 Å². The molecule has 0 radical (unpaired) electrons. The third-order valence-corrected chi connectivity index (χ3v) is 2.82. The highest BCUT2D eigenvalue weighted by molar-refractivity contribution is 9.10. The first-order chi connectivity index (χ1) is 7.60. The lowest BCUT2D eigenvalue weighted by Gasteiger charge is -2.18. The molecule has 0 aromatic carbocycles. The number of rotatable bonds is 4. The lowest BCUT2D eigenvalue weighted by Crippen LogP contribution is -2.36. The van der Waals surface area contributed by atoms with Crippen molar-refractivity contribution in [2.24, 2.45) is 0 Å². The molecule has 0 unspecified atom stereocenters. The first-order valence-electron chi connectivity index (χ1n) is 5.07. The van der Waals surface area contributed by atoms with E-state index < -0.39 is 0 Å². The molecule has 0 aliphatic carbocycles. The summed E-state index contributed by atoms with van der Waals surface area (Å²) in [5.74, 6) is -0.0769. The molecule has 0 fully saturated rings. The van der Waals surface area contributed by atoms with Crippen molar-refractivity contribution in [1.82, 2.24) is 14.5 Å². The van der Waals surface area contributed by atoms with Gasteiger partial charge < -0.3 is 4.90 Å². The monoisotopic (exact) mass is 287 g/mol. The number of aromatic nitrogens is 2. The number of likely N-dealkylation sites (N-methyl/N-ethyl adjacent to an activating group) is 1. The number of nitrogens with zero attached hydrogens (tertiary/aromatic N) is 3. The molecular weight excluding hydrogens is 274 g/mol. The topological polar surface area (TPSA) is 55.2 Å². The fraction of sp³-hybridized carbons (Fsp3) is 0.500. The van der Waals surface area contributed by atoms with Gasteiger partial charge in [0.1, 0.15) is 11.0 Å². The summed E-state index contributed by atoms with van der Waals surface area (Å²) in [6.45, 7) is 5.14. The van der Waals surface area contributed by atoms with Gasteiger partial charge in [0.25, 0.3) is 5.56 Å². The second kappa shape index (κ2) is 5.79. The van der Waals surface area contributed by atoms with E-state index in [-0.39, 0.29) is 18.0 Å². The fourth-order valence-corrected chi connectivity index (χ4v) is 1.70. The minimum Gasteiger partial charge on any atom is -0.342 e. The van der Waals surface area contributed by atoms with E-state index in [0.717, 1.165) is 0 Å². The zero-order chi connectivity index (χ0) is 12.1. The Kier molecular flexibility index (Phi) is 4.67. The van der Waals surface area contributed by atoms with E-state index in [4.69, 9.17) is 0 Å². The zero-order valence-electron chi connectivity index (χ0n) is 9.31. The average Bonchev–Trinajstić information content (AvgIpc) is 2.26. The lowest BCUT2D eigenvalue weighted by atomic mass is 10.4. The van der Waals surface area contributed by atoms with E-state index >= 15 is 0 Å². The van der Waals surface area contributed by atoms with Crippen molar-refractivity contribution in [3.8, 4) is 0 Å².